The highest BCUT2D eigenvalue weighted by molar-refractivity contribution is 7.47. The minimum atomic E-state index is -4.96. The summed E-state index contributed by atoms with van der Waals surface area (Å²) in [6.45, 7) is 9.64. The fraction of sp³-hybridized carbons (Fsp3) is 0.948. The Kier molecular flexibility index (Phi) is 67.4. The van der Waals surface area contributed by atoms with E-state index in [1.54, 1.807) is 0 Å². The monoisotopic (exact) mass is 1410 g/mol. The van der Waals surface area contributed by atoms with Crippen LogP contribution in [0.4, 0.5) is 0 Å². The topological polar surface area (TPSA) is 237 Å². The maximum absolute atomic E-state index is 13.1. The van der Waals surface area contributed by atoms with Crippen molar-refractivity contribution in [2.45, 2.75) is 419 Å². The molecular formula is C77H150O17P2. The average Bonchev–Trinajstić information content (AvgIpc) is 1.95. The lowest BCUT2D eigenvalue weighted by molar-refractivity contribution is -0.161. The quantitative estimate of drug-likeness (QED) is 0.0222. The Morgan fingerprint density at radius 3 is 0.708 bits per heavy atom. The van der Waals surface area contributed by atoms with E-state index in [9.17, 15) is 43.2 Å². The molecule has 0 spiro atoms. The lowest BCUT2D eigenvalue weighted by Gasteiger charge is -2.21. The molecule has 3 N–H and O–H groups in total. The highest BCUT2D eigenvalue weighted by atomic mass is 31.2. The van der Waals surface area contributed by atoms with Crippen molar-refractivity contribution in [3.05, 3.63) is 0 Å². The summed E-state index contributed by atoms with van der Waals surface area (Å²) in [5, 5.41) is 10.6. The molecule has 0 aromatic carbocycles. The summed E-state index contributed by atoms with van der Waals surface area (Å²) in [7, 11) is -9.91. The SMILES string of the molecule is CCCCCCCCCCCCCCCCC(=O)O[C@H](COC(=O)CCCCCCCCCCCCC)COP(=O)(O)OC[C@H](O)COP(=O)(O)OC[C@@H](COC(=O)CCCCCCCCCCCCCC(C)C)OC(=O)CCCCCCCCCCCCCCCCC(C)C. The molecule has 0 aromatic rings. The number of rotatable bonds is 76. The van der Waals surface area contributed by atoms with Crippen LogP contribution in [0, 0.1) is 11.8 Å². The second-order valence-electron chi connectivity index (χ2n) is 28.7. The van der Waals surface area contributed by atoms with Crippen molar-refractivity contribution in [2.75, 3.05) is 39.6 Å². The van der Waals surface area contributed by atoms with Gasteiger partial charge in [-0.3, -0.25) is 37.3 Å². The molecule has 570 valence electrons. The standard InChI is InChI=1S/C77H150O17P2/c1-7-9-11-13-15-17-19-20-24-30-37-43-49-55-61-76(81)93-72(65-87-74(79)59-53-47-41-35-27-18-16-14-12-10-8-2)67-91-95(83,84)89-63-71(78)64-90-96(85,86)92-68-73(66-88-75(80)60-54-48-42-36-32-26-29-34-40-46-52-58-70(5)6)94-77(82)62-56-50-44-38-31-25-22-21-23-28-33-39-45-51-57-69(3)4/h69-73,78H,7-68H2,1-6H3,(H,83,84)(H,85,86)/t71-,72+,73+/m0/s1. The Morgan fingerprint density at radius 1 is 0.281 bits per heavy atom. The molecule has 0 radical (unpaired) electrons. The number of aliphatic hydroxyl groups is 1. The van der Waals surface area contributed by atoms with Crippen molar-refractivity contribution in [2.24, 2.45) is 11.8 Å². The lowest BCUT2D eigenvalue weighted by atomic mass is 10.0. The van der Waals surface area contributed by atoms with E-state index < -0.39 is 97.5 Å². The minimum absolute atomic E-state index is 0.108. The van der Waals surface area contributed by atoms with Crippen LogP contribution in [0.15, 0.2) is 0 Å². The number of unbranched alkanes of at least 4 members (excludes halogenated alkanes) is 46. The molecular weight excluding hydrogens is 1260 g/mol. The van der Waals surface area contributed by atoms with Gasteiger partial charge in [-0.1, -0.05) is 350 Å². The van der Waals surface area contributed by atoms with Crippen molar-refractivity contribution >= 4 is 39.5 Å². The zero-order valence-electron chi connectivity index (χ0n) is 62.7. The van der Waals surface area contributed by atoms with Crippen LogP contribution in [0.1, 0.15) is 401 Å². The molecule has 0 aliphatic heterocycles. The average molecular weight is 1410 g/mol. The predicted molar refractivity (Wildman–Crippen MR) is 391 cm³/mol. The fourth-order valence-corrected chi connectivity index (χ4v) is 13.4. The summed E-state index contributed by atoms with van der Waals surface area (Å²) in [6, 6.07) is 0. The predicted octanol–water partition coefficient (Wildman–Crippen LogP) is 22.7. The number of esters is 4. The van der Waals surface area contributed by atoms with Gasteiger partial charge >= 0.3 is 39.5 Å². The van der Waals surface area contributed by atoms with Gasteiger partial charge in [-0.25, -0.2) is 9.13 Å². The number of carbonyl (C=O) groups is 4. The molecule has 0 bridgehead atoms. The van der Waals surface area contributed by atoms with Crippen molar-refractivity contribution < 1.29 is 80.2 Å². The van der Waals surface area contributed by atoms with Gasteiger partial charge in [-0.15, -0.1) is 0 Å². The van der Waals surface area contributed by atoms with Crippen LogP contribution >= 0.6 is 15.6 Å². The van der Waals surface area contributed by atoms with Crippen LogP contribution in [0.3, 0.4) is 0 Å². The van der Waals surface area contributed by atoms with E-state index in [1.165, 1.54) is 218 Å². The van der Waals surface area contributed by atoms with Gasteiger partial charge in [0.05, 0.1) is 26.4 Å². The zero-order valence-corrected chi connectivity index (χ0v) is 64.5. The minimum Gasteiger partial charge on any atom is -0.462 e. The Balaban J connectivity index is 5.26. The second kappa shape index (κ2) is 68.8. The van der Waals surface area contributed by atoms with Gasteiger partial charge in [0.25, 0.3) is 0 Å². The zero-order chi connectivity index (χ0) is 70.7. The first kappa shape index (κ1) is 94.1. The van der Waals surface area contributed by atoms with E-state index in [-0.39, 0.29) is 25.7 Å². The van der Waals surface area contributed by atoms with E-state index in [0.717, 1.165) is 102 Å². The molecule has 0 fully saturated rings. The molecule has 0 aromatic heterocycles. The highest BCUT2D eigenvalue weighted by Crippen LogP contribution is 2.45. The third-order valence-corrected chi connectivity index (χ3v) is 19.9. The molecule has 0 rings (SSSR count). The summed E-state index contributed by atoms with van der Waals surface area (Å²) >= 11 is 0. The third-order valence-electron chi connectivity index (χ3n) is 18.0. The van der Waals surface area contributed by atoms with Gasteiger partial charge < -0.3 is 33.8 Å². The van der Waals surface area contributed by atoms with Crippen molar-refractivity contribution in [1.82, 2.24) is 0 Å². The Morgan fingerprint density at radius 2 is 0.479 bits per heavy atom. The molecule has 0 heterocycles. The third kappa shape index (κ3) is 70.5. The normalized spacial score (nSPS) is 14.0. The molecule has 2 unspecified atom stereocenters. The smallest absolute Gasteiger partial charge is 0.462 e. The van der Waals surface area contributed by atoms with Crippen LogP contribution < -0.4 is 0 Å². The first-order valence-electron chi connectivity index (χ1n) is 40.0. The number of phosphoric ester groups is 2. The number of aliphatic hydroxyl groups excluding tert-OH is 1. The number of hydrogen-bond acceptors (Lipinski definition) is 15. The van der Waals surface area contributed by atoms with E-state index in [4.69, 9.17) is 37.0 Å². The number of hydrogen-bond donors (Lipinski definition) is 3. The largest absolute Gasteiger partial charge is 0.472 e. The van der Waals surface area contributed by atoms with Gasteiger partial charge in [0.2, 0.25) is 0 Å². The van der Waals surface area contributed by atoms with Gasteiger partial charge in [0.15, 0.2) is 12.2 Å². The van der Waals surface area contributed by atoms with Crippen LogP contribution in [-0.4, -0.2) is 96.7 Å². The Hall–Kier alpha value is -1.94. The van der Waals surface area contributed by atoms with Gasteiger partial charge in [-0.05, 0) is 37.5 Å². The van der Waals surface area contributed by atoms with E-state index in [0.29, 0.717) is 25.7 Å². The van der Waals surface area contributed by atoms with Crippen molar-refractivity contribution in [3.8, 4) is 0 Å². The molecule has 96 heavy (non-hydrogen) atoms. The molecule has 0 aliphatic carbocycles. The van der Waals surface area contributed by atoms with E-state index >= 15 is 0 Å². The molecule has 19 heteroatoms. The first-order chi connectivity index (χ1) is 46.4. The molecule has 0 saturated carbocycles. The Bertz CT molecular complexity index is 1860. The maximum atomic E-state index is 13.1. The van der Waals surface area contributed by atoms with Crippen LogP contribution in [0.2, 0.25) is 0 Å². The van der Waals surface area contributed by atoms with E-state index in [2.05, 4.69) is 41.5 Å². The van der Waals surface area contributed by atoms with Gasteiger partial charge in [-0.2, -0.15) is 0 Å². The van der Waals surface area contributed by atoms with Crippen LogP contribution in [0.5, 0.6) is 0 Å². The fourth-order valence-electron chi connectivity index (χ4n) is 11.8. The second-order valence-corrected chi connectivity index (χ2v) is 31.6. The summed E-state index contributed by atoms with van der Waals surface area (Å²) in [6.07, 6.45) is 56.7. The summed E-state index contributed by atoms with van der Waals surface area (Å²) in [5.74, 6) is -0.545. The van der Waals surface area contributed by atoms with Crippen molar-refractivity contribution in [3.63, 3.8) is 0 Å². The number of phosphoric acid groups is 2. The molecule has 0 saturated heterocycles. The van der Waals surface area contributed by atoms with E-state index in [1.807, 2.05) is 0 Å². The van der Waals surface area contributed by atoms with Crippen LogP contribution in [0.25, 0.3) is 0 Å². The van der Waals surface area contributed by atoms with Gasteiger partial charge in [0, 0.05) is 25.7 Å². The lowest BCUT2D eigenvalue weighted by Crippen LogP contribution is -2.30. The Labute approximate surface area is 588 Å². The molecule has 17 nitrogen and oxygen atoms in total. The summed E-state index contributed by atoms with van der Waals surface area (Å²) < 4.78 is 68.6. The maximum Gasteiger partial charge on any atom is 0.472 e. The molecule has 0 amide bonds. The summed E-state index contributed by atoms with van der Waals surface area (Å²) in [5.41, 5.74) is 0. The number of carbonyl (C=O) groups excluding carboxylic acids is 4. The highest BCUT2D eigenvalue weighted by Gasteiger charge is 2.30. The summed E-state index contributed by atoms with van der Waals surface area (Å²) in [4.78, 5) is 72.9. The molecule has 0 aliphatic rings. The van der Waals surface area contributed by atoms with Crippen molar-refractivity contribution in [1.29, 1.82) is 0 Å². The first-order valence-corrected chi connectivity index (χ1v) is 43.0. The van der Waals surface area contributed by atoms with Gasteiger partial charge in [0.1, 0.15) is 19.3 Å². The molecule has 5 atom stereocenters. The number of ether oxygens (including phenoxy) is 4. The van der Waals surface area contributed by atoms with Crippen LogP contribution in [-0.2, 0) is 65.4 Å².